The van der Waals surface area contributed by atoms with Crippen molar-refractivity contribution in [1.29, 1.82) is 0 Å². The molecule has 0 saturated carbocycles. The molecule has 0 heterocycles. The van der Waals surface area contributed by atoms with E-state index >= 15 is 0 Å². The molecule has 2 amide bonds. The number of urea groups is 1. The van der Waals surface area contributed by atoms with Crippen molar-refractivity contribution in [1.82, 2.24) is 10.6 Å². The molecule has 23 heavy (non-hydrogen) atoms. The van der Waals surface area contributed by atoms with E-state index in [1.807, 2.05) is 24.3 Å². The number of carbonyl (C=O) groups is 1. The topological polar surface area (TPSA) is 41.1 Å². The molecular weight excluding hydrogens is 308 g/mol. The standard InChI is InChI=1S/C19H23ClN2O/c1-14-4-8-16(9-5-14)19(2,3)13-22-18(23)21-12-15-6-10-17(20)11-7-15/h4-11H,12-13H2,1-3H3,(H2,21,22,23). The predicted octanol–water partition coefficient (Wildman–Crippen LogP) is 4.43. The lowest BCUT2D eigenvalue weighted by Gasteiger charge is -2.26. The number of carbonyl (C=O) groups excluding carboxylic acids is 1. The number of nitrogens with one attached hydrogen (secondary N) is 2. The number of amides is 2. The first kappa shape index (κ1) is 17.4. The third-order valence-corrected chi connectivity index (χ3v) is 4.14. The van der Waals surface area contributed by atoms with Crippen LogP contribution in [0.25, 0.3) is 0 Å². The van der Waals surface area contributed by atoms with Crippen LogP contribution in [0.3, 0.4) is 0 Å². The summed E-state index contributed by atoms with van der Waals surface area (Å²) >= 11 is 5.84. The van der Waals surface area contributed by atoms with Gasteiger partial charge in [0.05, 0.1) is 0 Å². The highest BCUT2D eigenvalue weighted by Crippen LogP contribution is 2.22. The molecule has 3 nitrogen and oxygen atoms in total. The van der Waals surface area contributed by atoms with Gasteiger partial charge >= 0.3 is 6.03 Å². The van der Waals surface area contributed by atoms with E-state index in [2.05, 4.69) is 55.7 Å². The Morgan fingerprint density at radius 3 is 2.22 bits per heavy atom. The zero-order valence-corrected chi connectivity index (χ0v) is 14.6. The molecule has 2 rings (SSSR count). The largest absolute Gasteiger partial charge is 0.337 e. The minimum atomic E-state index is -0.167. The van der Waals surface area contributed by atoms with Gasteiger partial charge in [-0.25, -0.2) is 4.79 Å². The number of rotatable bonds is 5. The molecule has 0 aliphatic heterocycles. The highest BCUT2D eigenvalue weighted by atomic mass is 35.5. The van der Waals surface area contributed by atoms with Crippen molar-refractivity contribution in [3.05, 3.63) is 70.2 Å². The molecule has 0 aliphatic rings. The fraction of sp³-hybridized carbons (Fsp3) is 0.316. The molecule has 0 bridgehead atoms. The van der Waals surface area contributed by atoms with Crippen LogP contribution in [0, 0.1) is 6.92 Å². The van der Waals surface area contributed by atoms with E-state index < -0.39 is 0 Å². The normalized spacial score (nSPS) is 11.1. The van der Waals surface area contributed by atoms with Gasteiger partial charge in [0.15, 0.2) is 0 Å². The number of aryl methyl sites for hydroxylation is 1. The third kappa shape index (κ3) is 5.29. The van der Waals surface area contributed by atoms with Gasteiger partial charge in [-0.3, -0.25) is 0 Å². The number of hydrogen-bond donors (Lipinski definition) is 2. The minimum Gasteiger partial charge on any atom is -0.337 e. The molecule has 0 atom stereocenters. The Balaban J connectivity index is 1.83. The second-order valence-corrected chi connectivity index (χ2v) is 6.85. The Morgan fingerprint density at radius 2 is 1.61 bits per heavy atom. The van der Waals surface area contributed by atoms with Crippen molar-refractivity contribution in [3.63, 3.8) is 0 Å². The summed E-state index contributed by atoms with van der Waals surface area (Å²) in [5.41, 5.74) is 3.34. The van der Waals surface area contributed by atoms with Crippen molar-refractivity contribution >= 4 is 17.6 Å². The first-order valence-corrected chi connectivity index (χ1v) is 8.08. The zero-order valence-electron chi connectivity index (χ0n) is 13.8. The summed E-state index contributed by atoms with van der Waals surface area (Å²) in [6.07, 6.45) is 0. The van der Waals surface area contributed by atoms with Crippen molar-refractivity contribution in [2.45, 2.75) is 32.7 Å². The third-order valence-electron chi connectivity index (χ3n) is 3.89. The second kappa shape index (κ2) is 7.51. The fourth-order valence-corrected chi connectivity index (χ4v) is 2.38. The summed E-state index contributed by atoms with van der Waals surface area (Å²) in [7, 11) is 0. The molecule has 0 unspecified atom stereocenters. The van der Waals surface area contributed by atoms with Crippen LogP contribution >= 0.6 is 11.6 Å². The van der Waals surface area contributed by atoms with Crippen LogP contribution in [0.15, 0.2) is 48.5 Å². The lowest BCUT2D eigenvalue weighted by molar-refractivity contribution is 0.238. The Hall–Kier alpha value is -2.00. The van der Waals surface area contributed by atoms with Crippen molar-refractivity contribution in [2.75, 3.05) is 6.54 Å². The molecule has 0 fully saturated rings. The Labute approximate surface area is 143 Å². The molecular formula is C19H23ClN2O. The van der Waals surface area contributed by atoms with E-state index in [0.29, 0.717) is 18.1 Å². The van der Waals surface area contributed by atoms with E-state index in [1.54, 1.807) is 0 Å². The Bertz CT molecular complexity index is 648. The van der Waals surface area contributed by atoms with Crippen LogP contribution < -0.4 is 10.6 Å². The lowest BCUT2D eigenvalue weighted by Crippen LogP contribution is -2.42. The van der Waals surface area contributed by atoms with Gasteiger partial charge in [0.1, 0.15) is 0 Å². The predicted molar refractivity (Wildman–Crippen MR) is 95.9 cm³/mol. The number of halogens is 1. The van der Waals surface area contributed by atoms with Crippen LogP contribution in [0.5, 0.6) is 0 Å². The van der Waals surface area contributed by atoms with Crippen molar-refractivity contribution in [3.8, 4) is 0 Å². The van der Waals surface area contributed by atoms with E-state index in [9.17, 15) is 4.79 Å². The fourth-order valence-electron chi connectivity index (χ4n) is 2.26. The first-order chi connectivity index (χ1) is 10.9. The molecule has 0 saturated heterocycles. The molecule has 0 aliphatic carbocycles. The quantitative estimate of drug-likeness (QED) is 0.836. The number of benzene rings is 2. The van der Waals surface area contributed by atoms with Gasteiger partial charge in [-0.2, -0.15) is 0 Å². The minimum absolute atomic E-state index is 0.120. The van der Waals surface area contributed by atoms with Gasteiger partial charge in [-0.05, 0) is 30.2 Å². The van der Waals surface area contributed by atoms with E-state index in [0.717, 1.165) is 5.56 Å². The van der Waals surface area contributed by atoms with Gasteiger partial charge in [0.25, 0.3) is 0 Å². The maximum atomic E-state index is 12.0. The number of hydrogen-bond acceptors (Lipinski definition) is 1. The monoisotopic (exact) mass is 330 g/mol. The molecule has 0 spiro atoms. The molecule has 2 aromatic carbocycles. The Morgan fingerprint density at radius 1 is 1.00 bits per heavy atom. The summed E-state index contributed by atoms with van der Waals surface area (Å²) in [5, 5.41) is 6.49. The highest BCUT2D eigenvalue weighted by Gasteiger charge is 2.21. The molecule has 4 heteroatoms. The molecule has 2 N–H and O–H groups in total. The molecule has 2 aromatic rings. The van der Waals surface area contributed by atoms with Gasteiger partial charge in [0, 0.05) is 23.5 Å². The highest BCUT2D eigenvalue weighted by molar-refractivity contribution is 6.30. The smallest absolute Gasteiger partial charge is 0.315 e. The van der Waals surface area contributed by atoms with Crippen LogP contribution in [-0.4, -0.2) is 12.6 Å². The molecule has 0 radical (unpaired) electrons. The average molecular weight is 331 g/mol. The van der Waals surface area contributed by atoms with Gasteiger partial charge in [0.2, 0.25) is 0 Å². The molecule has 0 aromatic heterocycles. The van der Waals surface area contributed by atoms with E-state index in [1.165, 1.54) is 11.1 Å². The van der Waals surface area contributed by atoms with Crippen LogP contribution in [0.2, 0.25) is 5.02 Å². The summed E-state index contributed by atoms with van der Waals surface area (Å²) in [4.78, 5) is 12.0. The summed E-state index contributed by atoms with van der Waals surface area (Å²) in [5.74, 6) is 0. The first-order valence-electron chi connectivity index (χ1n) is 7.70. The summed E-state index contributed by atoms with van der Waals surface area (Å²) in [6.45, 7) is 7.37. The molecule has 122 valence electrons. The maximum absolute atomic E-state index is 12.0. The van der Waals surface area contributed by atoms with Crippen LogP contribution in [0.1, 0.15) is 30.5 Å². The lowest BCUT2D eigenvalue weighted by atomic mass is 9.84. The van der Waals surface area contributed by atoms with Crippen LogP contribution in [-0.2, 0) is 12.0 Å². The SMILES string of the molecule is Cc1ccc(C(C)(C)CNC(=O)NCc2ccc(Cl)cc2)cc1. The Kier molecular flexibility index (Phi) is 5.67. The zero-order chi connectivity index (χ0) is 16.9. The van der Waals surface area contributed by atoms with Crippen LogP contribution in [0.4, 0.5) is 4.79 Å². The van der Waals surface area contributed by atoms with Crippen molar-refractivity contribution < 1.29 is 4.79 Å². The summed E-state index contributed by atoms with van der Waals surface area (Å²) in [6, 6.07) is 15.7. The van der Waals surface area contributed by atoms with Gasteiger partial charge < -0.3 is 10.6 Å². The average Bonchev–Trinajstić information content (AvgIpc) is 2.53. The second-order valence-electron chi connectivity index (χ2n) is 6.41. The maximum Gasteiger partial charge on any atom is 0.315 e. The van der Waals surface area contributed by atoms with Gasteiger partial charge in [-0.15, -0.1) is 0 Å². The van der Waals surface area contributed by atoms with Gasteiger partial charge in [-0.1, -0.05) is 67.4 Å². The summed E-state index contributed by atoms with van der Waals surface area (Å²) < 4.78 is 0. The van der Waals surface area contributed by atoms with E-state index in [-0.39, 0.29) is 11.4 Å². The van der Waals surface area contributed by atoms with Crippen molar-refractivity contribution in [2.24, 2.45) is 0 Å². The van der Waals surface area contributed by atoms with E-state index in [4.69, 9.17) is 11.6 Å².